The van der Waals surface area contributed by atoms with Crippen molar-refractivity contribution in [1.29, 1.82) is 0 Å². The molecule has 0 aliphatic rings. The van der Waals surface area contributed by atoms with Crippen molar-refractivity contribution in [2.75, 3.05) is 11.0 Å². The first-order valence-electron chi connectivity index (χ1n) is 8.23. The lowest BCUT2D eigenvalue weighted by Gasteiger charge is -2.07. The molecule has 0 amide bonds. The number of rotatable bonds is 6. The van der Waals surface area contributed by atoms with E-state index in [2.05, 4.69) is 9.71 Å². The summed E-state index contributed by atoms with van der Waals surface area (Å²) >= 11 is 12.2. The van der Waals surface area contributed by atoms with Crippen LogP contribution in [0.1, 0.15) is 21.6 Å². The maximum atomic E-state index is 11.9. The van der Waals surface area contributed by atoms with Gasteiger partial charge in [0.05, 0.1) is 16.9 Å². The second kappa shape index (κ2) is 8.02. The molecule has 0 saturated carbocycles. The molecule has 0 unspecified atom stereocenters. The van der Waals surface area contributed by atoms with E-state index < -0.39 is 22.0 Å². The third-order valence-electron chi connectivity index (χ3n) is 4.09. The summed E-state index contributed by atoms with van der Waals surface area (Å²) in [5.41, 5.74) is 0.446. The number of H-pyrrole nitrogens is 1. The lowest BCUT2D eigenvalue weighted by Crippen LogP contribution is -2.09. The van der Waals surface area contributed by atoms with E-state index in [1.54, 1.807) is 0 Å². The molecule has 1 aromatic heterocycles. The van der Waals surface area contributed by atoms with Gasteiger partial charge >= 0.3 is 11.9 Å². The molecule has 0 atom stereocenters. The number of benzene rings is 2. The van der Waals surface area contributed by atoms with Crippen LogP contribution in [0.15, 0.2) is 36.4 Å². The SMILES string of the molecule is CS(=O)(=O)Nc1ccc(/C(=C\c2c(C(=O)O)[nH]c3cc(Cl)cc(Cl)c23)C(=O)O)cc1. The molecule has 3 aromatic rings. The van der Waals surface area contributed by atoms with Crippen molar-refractivity contribution in [1.82, 2.24) is 4.98 Å². The highest BCUT2D eigenvalue weighted by molar-refractivity contribution is 7.92. The van der Waals surface area contributed by atoms with Crippen LogP contribution in [0.25, 0.3) is 22.6 Å². The summed E-state index contributed by atoms with van der Waals surface area (Å²) in [6.45, 7) is 0. The largest absolute Gasteiger partial charge is 0.478 e. The third-order valence-corrected chi connectivity index (χ3v) is 5.21. The van der Waals surface area contributed by atoms with Crippen LogP contribution in [0.4, 0.5) is 5.69 Å². The molecule has 0 aliphatic carbocycles. The zero-order chi connectivity index (χ0) is 22.2. The van der Waals surface area contributed by atoms with Crippen LogP contribution in [0.5, 0.6) is 0 Å². The van der Waals surface area contributed by atoms with Gasteiger partial charge in [-0.05, 0) is 35.9 Å². The molecule has 4 N–H and O–H groups in total. The molecule has 3 rings (SSSR count). The zero-order valence-electron chi connectivity index (χ0n) is 15.2. The van der Waals surface area contributed by atoms with E-state index in [-0.39, 0.29) is 38.1 Å². The third kappa shape index (κ3) is 4.59. The Bertz CT molecular complexity index is 1310. The van der Waals surface area contributed by atoms with Crippen LogP contribution in [-0.2, 0) is 14.8 Å². The van der Waals surface area contributed by atoms with Crippen LogP contribution in [-0.4, -0.2) is 41.8 Å². The van der Waals surface area contributed by atoms with Gasteiger partial charge in [0.25, 0.3) is 0 Å². The first-order valence-corrected chi connectivity index (χ1v) is 10.9. The maximum absolute atomic E-state index is 11.9. The molecule has 156 valence electrons. The highest BCUT2D eigenvalue weighted by atomic mass is 35.5. The van der Waals surface area contributed by atoms with E-state index in [0.717, 1.165) is 6.26 Å². The monoisotopic (exact) mass is 468 g/mol. The predicted octanol–water partition coefficient (Wildman–Crippen LogP) is 4.17. The number of halogens is 2. The van der Waals surface area contributed by atoms with Crippen molar-refractivity contribution >= 4 is 73.4 Å². The standard InChI is InChI=1S/C19H14Cl2N2O6S/c1-30(28,29)23-11-4-2-9(3-5-11)12(18(24)25)8-13-16-14(21)6-10(20)7-15(16)22-17(13)19(26)27/h2-8,22-23H,1H3,(H,24,25)(H,26,27)/b12-8+. The van der Waals surface area contributed by atoms with Gasteiger partial charge in [-0.1, -0.05) is 35.3 Å². The van der Waals surface area contributed by atoms with Crippen molar-refractivity contribution < 1.29 is 28.2 Å². The smallest absolute Gasteiger partial charge is 0.352 e. The summed E-state index contributed by atoms with van der Waals surface area (Å²) in [5, 5.41) is 20.0. The first kappa shape index (κ1) is 21.7. The van der Waals surface area contributed by atoms with Gasteiger partial charge in [-0.15, -0.1) is 0 Å². The fourth-order valence-corrected chi connectivity index (χ4v) is 4.09. The van der Waals surface area contributed by atoms with Gasteiger partial charge in [-0.3, -0.25) is 4.72 Å². The van der Waals surface area contributed by atoms with E-state index in [9.17, 15) is 28.2 Å². The van der Waals surface area contributed by atoms with E-state index in [0.29, 0.717) is 10.9 Å². The first-order chi connectivity index (χ1) is 14.0. The molecule has 1 heterocycles. The van der Waals surface area contributed by atoms with Gasteiger partial charge in [-0.25, -0.2) is 18.0 Å². The molecule has 0 bridgehead atoms. The number of hydrogen-bond donors (Lipinski definition) is 4. The number of carboxylic acid groups (broad SMARTS) is 2. The predicted molar refractivity (Wildman–Crippen MR) is 116 cm³/mol. The molecule has 2 aromatic carbocycles. The van der Waals surface area contributed by atoms with Gasteiger partial charge in [0, 0.05) is 27.2 Å². The van der Waals surface area contributed by atoms with Crippen LogP contribution >= 0.6 is 23.2 Å². The highest BCUT2D eigenvalue weighted by Gasteiger charge is 2.21. The number of fused-ring (bicyclic) bond motifs is 1. The van der Waals surface area contributed by atoms with Crippen LogP contribution < -0.4 is 4.72 Å². The Kier molecular flexibility index (Phi) is 5.80. The topological polar surface area (TPSA) is 137 Å². The summed E-state index contributed by atoms with van der Waals surface area (Å²) in [4.78, 5) is 26.3. The number of nitrogens with one attached hydrogen (secondary N) is 2. The quantitative estimate of drug-likeness (QED) is 0.400. The van der Waals surface area contributed by atoms with Gasteiger partial charge in [0.15, 0.2) is 0 Å². The highest BCUT2D eigenvalue weighted by Crippen LogP contribution is 2.35. The molecule has 30 heavy (non-hydrogen) atoms. The molecule has 11 heteroatoms. The summed E-state index contributed by atoms with van der Waals surface area (Å²) in [5.74, 6) is -2.61. The number of aliphatic carboxylic acids is 1. The van der Waals surface area contributed by atoms with Gasteiger partial charge in [0.2, 0.25) is 10.0 Å². The Hall–Kier alpha value is -3.01. The van der Waals surface area contributed by atoms with E-state index in [1.165, 1.54) is 42.5 Å². The number of hydrogen-bond acceptors (Lipinski definition) is 4. The molecule has 8 nitrogen and oxygen atoms in total. The number of carboxylic acids is 2. The average Bonchev–Trinajstić information content (AvgIpc) is 2.97. The number of anilines is 1. The second-order valence-electron chi connectivity index (χ2n) is 6.34. The molecule has 0 saturated heterocycles. The molecule has 0 spiro atoms. The van der Waals surface area contributed by atoms with Crippen molar-refractivity contribution in [3.63, 3.8) is 0 Å². The van der Waals surface area contributed by atoms with E-state index in [1.807, 2.05) is 0 Å². The zero-order valence-corrected chi connectivity index (χ0v) is 17.6. The second-order valence-corrected chi connectivity index (χ2v) is 8.94. The fourth-order valence-electron chi connectivity index (χ4n) is 2.93. The normalized spacial score (nSPS) is 12.2. The van der Waals surface area contributed by atoms with Crippen molar-refractivity contribution in [3.8, 4) is 0 Å². The van der Waals surface area contributed by atoms with Crippen LogP contribution in [0.2, 0.25) is 10.0 Å². The van der Waals surface area contributed by atoms with Gasteiger partial charge in [0.1, 0.15) is 5.69 Å². The number of carbonyl (C=O) groups is 2. The minimum Gasteiger partial charge on any atom is -0.478 e. The van der Waals surface area contributed by atoms with Crippen molar-refractivity contribution in [2.24, 2.45) is 0 Å². The maximum Gasteiger partial charge on any atom is 0.352 e. The summed E-state index contributed by atoms with van der Waals surface area (Å²) < 4.78 is 24.9. The van der Waals surface area contributed by atoms with Crippen molar-refractivity contribution in [2.45, 2.75) is 0 Å². The minimum atomic E-state index is -3.49. The Morgan fingerprint density at radius 2 is 1.73 bits per heavy atom. The Morgan fingerprint density at radius 3 is 2.27 bits per heavy atom. The van der Waals surface area contributed by atoms with Crippen molar-refractivity contribution in [3.05, 3.63) is 63.3 Å². The summed E-state index contributed by atoms with van der Waals surface area (Å²) in [7, 11) is -3.49. The number of aromatic amines is 1. The molecular formula is C19H14Cl2N2O6S. The molecule has 0 radical (unpaired) electrons. The fraction of sp³-hybridized carbons (Fsp3) is 0.0526. The minimum absolute atomic E-state index is 0.0786. The molecular weight excluding hydrogens is 455 g/mol. The average molecular weight is 469 g/mol. The number of aromatic carboxylic acids is 1. The van der Waals surface area contributed by atoms with E-state index >= 15 is 0 Å². The summed E-state index contributed by atoms with van der Waals surface area (Å²) in [6.07, 6.45) is 2.19. The van der Waals surface area contributed by atoms with Gasteiger partial charge < -0.3 is 15.2 Å². The number of aromatic nitrogens is 1. The van der Waals surface area contributed by atoms with E-state index in [4.69, 9.17) is 23.2 Å². The lowest BCUT2D eigenvalue weighted by atomic mass is 10.0. The summed E-state index contributed by atoms with van der Waals surface area (Å²) in [6, 6.07) is 8.51. The van der Waals surface area contributed by atoms with Crippen LogP contribution in [0, 0.1) is 0 Å². The number of sulfonamides is 1. The molecule has 0 fully saturated rings. The Labute approximate surface area is 180 Å². The van der Waals surface area contributed by atoms with Gasteiger partial charge in [-0.2, -0.15) is 0 Å². The van der Waals surface area contributed by atoms with Crippen LogP contribution in [0.3, 0.4) is 0 Å². The Balaban J connectivity index is 2.19. The Morgan fingerprint density at radius 1 is 1.10 bits per heavy atom. The lowest BCUT2D eigenvalue weighted by molar-refractivity contribution is -0.130. The molecule has 0 aliphatic heterocycles.